The van der Waals surface area contributed by atoms with Gasteiger partial charge in [0, 0.05) is 6.42 Å². The third-order valence-electron chi connectivity index (χ3n) is 7.04. The second kappa shape index (κ2) is 13.6. The van der Waals surface area contributed by atoms with E-state index in [0.717, 1.165) is 18.7 Å². The van der Waals surface area contributed by atoms with Crippen LogP contribution in [0, 0.1) is 6.92 Å². The molecule has 0 saturated carbocycles. The molecule has 0 atom stereocenters. The van der Waals surface area contributed by atoms with E-state index in [9.17, 15) is 0 Å². The number of aryl methyl sites for hydroxylation is 2. The predicted molar refractivity (Wildman–Crippen MR) is 148 cm³/mol. The molecule has 0 amide bonds. The molecule has 3 nitrogen and oxygen atoms in total. The van der Waals surface area contributed by atoms with E-state index >= 15 is 0 Å². The predicted octanol–water partition coefficient (Wildman–Crippen LogP) is 8.28. The summed E-state index contributed by atoms with van der Waals surface area (Å²) < 4.78 is 4.26. The fourth-order valence-corrected chi connectivity index (χ4v) is 4.63. The Kier molecular flexibility index (Phi) is 10.6. The van der Waals surface area contributed by atoms with E-state index in [1.807, 2.05) is 0 Å². The van der Waals surface area contributed by atoms with Gasteiger partial charge in [-0.25, -0.2) is 0 Å². The van der Waals surface area contributed by atoms with Gasteiger partial charge in [0.15, 0.2) is 17.6 Å². The highest BCUT2D eigenvalue weighted by molar-refractivity contribution is 5.28. The van der Waals surface area contributed by atoms with Crippen molar-refractivity contribution < 1.29 is 4.68 Å². The summed E-state index contributed by atoms with van der Waals surface area (Å²) in [6, 6.07) is 17.7. The van der Waals surface area contributed by atoms with E-state index in [1.165, 1.54) is 86.6 Å². The molecule has 1 heterocycles. The lowest BCUT2D eigenvalue weighted by Gasteiger charge is -2.18. The standard InChI is InChI=1S/C32H48N3/c1-6-7-8-9-10-11-12-13-14-15-16-31-26-35(30-23-17-27(2)18-24-30)33-34(31)25-28-19-21-29(22-20-28)32(3,4)5/h17-24,26H,6-16,25H2,1-5H3/q+1. The van der Waals surface area contributed by atoms with E-state index in [2.05, 4.69) is 98.7 Å². The van der Waals surface area contributed by atoms with Crippen LogP contribution in [-0.4, -0.2) is 9.90 Å². The lowest BCUT2D eigenvalue weighted by Crippen LogP contribution is -2.33. The highest BCUT2D eigenvalue weighted by atomic mass is 15.5. The van der Waals surface area contributed by atoms with Gasteiger partial charge in [-0.3, -0.25) is 0 Å². The molecule has 0 fully saturated rings. The Morgan fingerprint density at radius 2 is 1.31 bits per heavy atom. The van der Waals surface area contributed by atoms with E-state index < -0.39 is 0 Å². The SMILES string of the molecule is CCCCCCCCCCCCc1c[n+](-c2ccc(C)cc2)nn1Cc1ccc(C(C)(C)C)cc1. The first kappa shape index (κ1) is 27.2. The molecule has 0 aliphatic rings. The van der Waals surface area contributed by atoms with Crippen LogP contribution in [0.5, 0.6) is 0 Å². The summed E-state index contributed by atoms with van der Waals surface area (Å²) >= 11 is 0. The van der Waals surface area contributed by atoms with Crippen LogP contribution in [0.25, 0.3) is 5.69 Å². The highest BCUT2D eigenvalue weighted by Crippen LogP contribution is 2.22. The van der Waals surface area contributed by atoms with Gasteiger partial charge in [-0.15, -0.1) is 9.36 Å². The van der Waals surface area contributed by atoms with Crippen molar-refractivity contribution in [1.29, 1.82) is 0 Å². The molecule has 0 bridgehead atoms. The summed E-state index contributed by atoms with van der Waals surface area (Å²) in [5.41, 5.74) is 6.59. The Morgan fingerprint density at radius 3 is 1.89 bits per heavy atom. The van der Waals surface area contributed by atoms with Crippen molar-refractivity contribution >= 4 is 0 Å². The lowest BCUT2D eigenvalue weighted by molar-refractivity contribution is -0.661. The maximum absolute atomic E-state index is 4.97. The van der Waals surface area contributed by atoms with E-state index in [0.29, 0.717) is 0 Å². The number of benzene rings is 2. The Bertz CT molecular complexity index is 991. The van der Waals surface area contributed by atoms with Gasteiger partial charge in [0.2, 0.25) is 0 Å². The second-order valence-corrected chi connectivity index (χ2v) is 11.3. The van der Waals surface area contributed by atoms with Crippen LogP contribution in [0.3, 0.4) is 0 Å². The summed E-state index contributed by atoms with van der Waals surface area (Å²) in [7, 11) is 0. The van der Waals surface area contributed by atoms with Gasteiger partial charge in [-0.1, -0.05) is 127 Å². The quantitative estimate of drug-likeness (QED) is 0.170. The van der Waals surface area contributed by atoms with E-state index in [4.69, 9.17) is 5.21 Å². The van der Waals surface area contributed by atoms with E-state index in [1.54, 1.807) is 0 Å². The van der Waals surface area contributed by atoms with Crippen molar-refractivity contribution in [3.63, 3.8) is 0 Å². The maximum Gasteiger partial charge on any atom is 0.168 e. The van der Waals surface area contributed by atoms with Crippen LogP contribution in [0.2, 0.25) is 0 Å². The summed E-state index contributed by atoms with van der Waals surface area (Å²) in [6.07, 6.45) is 17.0. The number of nitrogens with zero attached hydrogens (tertiary/aromatic N) is 3. The maximum atomic E-state index is 4.97. The summed E-state index contributed by atoms with van der Waals surface area (Å²) in [4.78, 5) is 0. The van der Waals surface area contributed by atoms with Gasteiger partial charge in [0.25, 0.3) is 0 Å². The summed E-state index contributed by atoms with van der Waals surface area (Å²) in [5.74, 6) is 0. The van der Waals surface area contributed by atoms with Gasteiger partial charge >= 0.3 is 0 Å². The molecule has 0 aliphatic carbocycles. The smallest absolute Gasteiger partial charge is 0.129 e. The third kappa shape index (κ3) is 8.94. The van der Waals surface area contributed by atoms with Crippen LogP contribution < -0.4 is 4.68 Å². The first-order chi connectivity index (χ1) is 16.9. The molecule has 0 saturated heterocycles. The second-order valence-electron chi connectivity index (χ2n) is 11.3. The molecule has 0 N–H and O–H groups in total. The van der Waals surface area contributed by atoms with Gasteiger partial charge < -0.3 is 0 Å². The van der Waals surface area contributed by atoms with E-state index in [-0.39, 0.29) is 5.41 Å². The molecule has 0 radical (unpaired) electrons. The molecule has 1 aromatic heterocycles. The van der Waals surface area contributed by atoms with Crippen molar-refractivity contribution in [2.45, 2.75) is 117 Å². The normalized spacial score (nSPS) is 11.8. The Hall–Kier alpha value is -2.42. The van der Waals surface area contributed by atoms with Crippen molar-refractivity contribution in [1.82, 2.24) is 9.90 Å². The largest absolute Gasteiger partial charge is 0.168 e. The molecule has 0 aliphatic heterocycles. The van der Waals surface area contributed by atoms with Gasteiger partial charge in [0.1, 0.15) is 6.54 Å². The molecular weight excluding hydrogens is 426 g/mol. The Balaban J connectivity index is 1.60. The van der Waals surface area contributed by atoms with Gasteiger partial charge in [-0.2, -0.15) is 0 Å². The van der Waals surface area contributed by atoms with Crippen LogP contribution in [0.4, 0.5) is 0 Å². The third-order valence-corrected chi connectivity index (χ3v) is 7.04. The zero-order chi connectivity index (χ0) is 25.1. The number of hydrogen-bond donors (Lipinski definition) is 0. The van der Waals surface area contributed by atoms with Crippen molar-refractivity contribution in [3.05, 3.63) is 77.1 Å². The number of rotatable bonds is 14. The number of aromatic nitrogens is 3. The minimum Gasteiger partial charge on any atom is -0.129 e. The Morgan fingerprint density at radius 1 is 0.743 bits per heavy atom. The molecule has 2 aromatic carbocycles. The van der Waals surface area contributed by atoms with Gasteiger partial charge in [-0.05, 0) is 42.0 Å². The average molecular weight is 475 g/mol. The summed E-state index contributed by atoms with van der Waals surface area (Å²) in [6.45, 7) is 12.0. The highest BCUT2D eigenvalue weighted by Gasteiger charge is 2.18. The van der Waals surface area contributed by atoms with Crippen LogP contribution >= 0.6 is 0 Å². The molecule has 0 spiro atoms. The molecule has 3 aromatic rings. The first-order valence-corrected chi connectivity index (χ1v) is 14.0. The fraction of sp³-hybridized carbons (Fsp3) is 0.562. The first-order valence-electron chi connectivity index (χ1n) is 14.0. The molecule has 3 rings (SSSR count). The van der Waals surface area contributed by atoms with Crippen LogP contribution in [0.1, 0.15) is 114 Å². The average Bonchev–Trinajstić information content (AvgIpc) is 3.23. The zero-order valence-electron chi connectivity index (χ0n) is 23.0. The lowest BCUT2D eigenvalue weighted by atomic mass is 9.87. The van der Waals surface area contributed by atoms with Crippen LogP contribution in [-0.2, 0) is 18.4 Å². The van der Waals surface area contributed by atoms with Gasteiger partial charge in [0.05, 0.1) is 5.21 Å². The van der Waals surface area contributed by atoms with Crippen LogP contribution in [0.15, 0.2) is 54.7 Å². The van der Waals surface area contributed by atoms with Crippen molar-refractivity contribution in [3.8, 4) is 5.69 Å². The molecule has 0 unspecified atom stereocenters. The number of hydrogen-bond acceptors (Lipinski definition) is 1. The molecule has 35 heavy (non-hydrogen) atoms. The minimum absolute atomic E-state index is 0.180. The zero-order valence-corrected chi connectivity index (χ0v) is 23.0. The Labute approximate surface area is 214 Å². The van der Waals surface area contributed by atoms with Crippen molar-refractivity contribution in [2.75, 3.05) is 0 Å². The monoisotopic (exact) mass is 474 g/mol. The molecule has 190 valence electrons. The summed E-state index contributed by atoms with van der Waals surface area (Å²) in [5, 5.41) is 4.97. The van der Waals surface area contributed by atoms with Crippen molar-refractivity contribution in [2.24, 2.45) is 0 Å². The molecule has 3 heteroatoms. The number of unbranched alkanes of at least 4 members (excludes halogenated alkanes) is 9. The minimum atomic E-state index is 0.180. The molecular formula is C32H48N3+. The fourth-order valence-electron chi connectivity index (χ4n) is 4.63. The topological polar surface area (TPSA) is 21.7 Å².